The van der Waals surface area contributed by atoms with Crippen LogP contribution in [0, 0.1) is 0 Å². The number of carbonyl (C=O) groups is 1. The second-order valence-corrected chi connectivity index (χ2v) is 10.0. The van der Waals surface area contributed by atoms with Gasteiger partial charge in [-0.1, -0.05) is 29.5 Å². The molecule has 0 bridgehead atoms. The number of hydrogen-bond acceptors (Lipinski definition) is 7. The molecule has 5 rings (SSSR count). The van der Waals surface area contributed by atoms with Crippen molar-refractivity contribution in [2.24, 2.45) is 0 Å². The molecular weight excluding hydrogens is 432 g/mol. The molecule has 33 heavy (non-hydrogen) atoms. The van der Waals surface area contributed by atoms with E-state index in [9.17, 15) is 4.79 Å². The zero-order chi connectivity index (χ0) is 22.8. The molecule has 3 N–H and O–H groups in total. The van der Waals surface area contributed by atoms with Gasteiger partial charge < -0.3 is 15.8 Å². The Morgan fingerprint density at radius 3 is 2.70 bits per heavy atom. The van der Waals surface area contributed by atoms with Crippen LogP contribution in [0.5, 0.6) is 5.75 Å². The van der Waals surface area contributed by atoms with Crippen molar-refractivity contribution >= 4 is 33.8 Å². The van der Waals surface area contributed by atoms with Gasteiger partial charge in [0, 0.05) is 17.3 Å². The molecule has 0 unspecified atom stereocenters. The fraction of sp³-hybridized carbons (Fsp3) is 0.385. The number of nitrogens with two attached hydrogens (primary N) is 1. The van der Waals surface area contributed by atoms with Crippen LogP contribution in [0.3, 0.4) is 0 Å². The number of rotatable bonds is 9. The number of ether oxygens (including phenoxy) is 1. The van der Waals surface area contributed by atoms with Crippen LogP contribution in [0.2, 0.25) is 0 Å². The topological polar surface area (TPSA) is 80.5 Å². The number of nitrogens with one attached hydrogen (secondary N) is 1. The van der Waals surface area contributed by atoms with Gasteiger partial charge in [0.1, 0.15) is 23.1 Å². The molecule has 0 amide bonds. The molecule has 2 aromatic carbocycles. The van der Waals surface area contributed by atoms with Crippen LogP contribution < -0.4 is 15.8 Å². The summed E-state index contributed by atoms with van der Waals surface area (Å²) in [6.07, 6.45) is 4.98. The second kappa shape index (κ2) is 9.53. The Bertz CT molecular complexity index is 1120. The fourth-order valence-electron chi connectivity index (χ4n) is 4.29. The predicted molar refractivity (Wildman–Crippen MR) is 134 cm³/mol. The quantitative estimate of drug-likeness (QED) is 0.412. The molecule has 0 radical (unpaired) electrons. The summed E-state index contributed by atoms with van der Waals surface area (Å²) in [6, 6.07) is 16.1. The Balaban J connectivity index is 1.20. The van der Waals surface area contributed by atoms with Crippen LogP contribution in [0.25, 0.3) is 0 Å². The number of aromatic nitrogens is 1. The summed E-state index contributed by atoms with van der Waals surface area (Å²) in [5.41, 5.74) is 8.88. The van der Waals surface area contributed by atoms with E-state index in [1.165, 1.54) is 55.7 Å². The van der Waals surface area contributed by atoms with E-state index in [4.69, 9.17) is 10.5 Å². The number of hydrogen-bond donors (Lipinski definition) is 2. The van der Waals surface area contributed by atoms with Crippen LogP contribution >= 0.6 is 11.3 Å². The first-order valence-electron chi connectivity index (χ1n) is 11.7. The van der Waals surface area contributed by atoms with Crippen molar-refractivity contribution in [2.75, 3.05) is 30.7 Å². The number of carbonyl (C=O) groups excluding carboxylic acids is 1. The van der Waals surface area contributed by atoms with E-state index in [-0.39, 0.29) is 11.6 Å². The summed E-state index contributed by atoms with van der Waals surface area (Å²) in [6.45, 7) is 5.24. The minimum Gasteiger partial charge on any atom is -0.492 e. The van der Waals surface area contributed by atoms with Gasteiger partial charge >= 0.3 is 0 Å². The van der Waals surface area contributed by atoms with Crippen molar-refractivity contribution in [1.29, 1.82) is 0 Å². The van der Waals surface area contributed by atoms with Crippen molar-refractivity contribution in [1.82, 2.24) is 9.88 Å². The number of thiazole rings is 1. The van der Waals surface area contributed by atoms with Crippen molar-refractivity contribution < 1.29 is 9.53 Å². The molecule has 3 aromatic rings. The van der Waals surface area contributed by atoms with E-state index in [2.05, 4.69) is 28.2 Å². The maximum absolute atomic E-state index is 13.0. The highest BCUT2D eigenvalue weighted by Gasteiger charge is 2.25. The number of benzene rings is 2. The van der Waals surface area contributed by atoms with Crippen molar-refractivity contribution in [3.8, 4) is 5.75 Å². The summed E-state index contributed by atoms with van der Waals surface area (Å²) in [5.74, 6) is 1.64. The van der Waals surface area contributed by atoms with E-state index in [1.54, 1.807) is 0 Å². The molecule has 2 aliphatic rings. The first kappa shape index (κ1) is 21.9. The maximum Gasteiger partial charge on any atom is 0.206 e. The fourth-order valence-corrected chi connectivity index (χ4v) is 5.16. The summed E-state index contributed by atoms with van der Waals surface area (Å²) < 4.78 is 5.97. The predicted octanol–water partition coefficient (Wildman–Crippen LogP) is 5.44. The van der Waals surface area contributed by atoms with Gasteiger partial charge in [-0.15, -0.1) is 0 Å². The molecule has 1 saturated carbocycles. The van der Waals surface area contributed by atoms with Crippen molar-refractivity contribution in [3.05, 3.63) is 64.5 Å². The molecule has 0 spiro atoms. The molecule has 1 aliphatic carbocycles. The van der Waals surface area contributed by atoms with Gasteiger partial charge in [-0.05, 0) is 87.5 Å². The van der Waals surface area contributed by atoms with Crippen LogP contribution in [0.1, 0.15) is 59.3 Å². The van der Waals surface area contributed by atoms with Gasteiger partial charge in [0.15, 0.2) is 5.13 Å². The average molecular weight is 463 g/mol. The molecule has 6 nitrogen and oxygen atoms in total. The first-order valence-corrected chi connectivity index (χ1v) is 12.5. The Morgan fingerprint density at radius 2 is 1.97 bits per heavy atom. The van der Waals surface area contributed by atoms with E-state index >= 15 is 0 Å². The van der Waals surface area contributed by atoms with Crippen LogP contribution in [0.15, 0.2) is 48.5 Å². The lowest BCUT2D eigenvalue weighted by Gasteiger charge is -2.23. The van der Waals surface area contributed by atoms with Crippen molar-refractivity contribution in [3.63, 3.8) is 0 Å². The number of likely N-dealkylation sites (tertiary alicyclic amines) is 1. The SMILES string of the molecule is C[C@H](COc1ccc(Nc2nc(N)c(C(=O)c3cccc(C4CC4)c3)s2)cc1)N1CCCC1. The zero-order valence-corrected chi connectivity index (χ0v) is 19.7. The summed E-state index contributed by atoms with van der Waals surface area (Å²) in [5, 5.41) is 3.86. The second-order valence-electron chi connectivity index (χ2n) is 9.01. The van der Waals surface area contributed by atoms with E-state index in [0.29, 0.717) is 34.1 Å². The van der Waals surface area contributed by atoms with Gasteiger partial charge in [0.2, 0.25) is 5.78 Å². The Hall–Kier alpha value is -2.90. The standard InChI is InChI=1S/C26H30N4O2S/c1-17(30-13-2-3-14-30)16-32-22-11-9-21(10-12-22)28-26-29-25(27)24(33-26)23(31)20-6-4-5-19(15-20)18-7-8-18/h4-6,9-12,15,17-18H,2-3,7-8,13-14,16,27H2,1H3,(H,28,29)/t17-/m1/s1. The largest absolute Gasteiger partial charge is 0.492 e. The van der Waals surface area contributed by atoms with Crippen LogP contribution in [-0.4, -0.2) is 41.4 Å². The molecular formula is C26H30N4O2S. The van der Waals surface area contributed by atoms with Gasteiger partial charge in [-0.2, -0.15) is 0 Å². The summed E-state index contributed by atoms with van der Waals surface area (Å²) >= 11 is 1.29. The molecule has 2 heterocycles. The molecule has 1 aliphatic heterocycles. The van der Waals surface area contributed by atoms with Gasteiger partial charge in [0.25, 0.3) is 0 Å². The zero-order valence-electron chi connectivity index (χ0n) is 18.9. The van der Waals surface area contributed by atoms with Crippen LogP contribution in [0.4, 0.5) is 16.6 Å². The monoisotopic (exact) mass is 462 g/mol. The molecule has 2 fully saturated rings. The molecule has 7 heteroatoms. The highest BCUT2D eigenvalue weighted by molar-refractivity contribution is 7.18. The summed E-state index contributed by atoms with van der Waals surface area (Å²) in [7, 11) is 0. The van der Waals surface area contributed by atoms with Crippen molar-refractivity contribution in [2.45, 2.75) is 44.6 Å². The lowest BCUT2D eigenvalue weighted by Crippen LogP contribution is -2.34. The van der Waals surface area contributed by atoms with Gasteiger partial charge in [-0.25, -0.2) is 4.98 Å². The lowest BCUT2D eigenvalue weighted by molar-refractivity contribution is 0.104. The Morgan fingerprint density at radius 1 is 1.21 bits per heavy atom. The Labute approximate surface area is 198 Å². The van der Waals surface area contributed by atoms with E-state index in [0.717, 1.165) is 11.4 Å². The first-order chi connectivity index (χ1) is 16.1. The average Bonchev–Trinajstić information content (AvgIpc) is 3.41. The summed E-state index contributed by atoms with van der Waals surface area (Å²) in [4.78, 5) is 20.4. The maximum atomic E-state index is 13.0. The number of nitrogens with zero attached hydrogens (tertiary/aromatic N) is 2. The number of anilines is 3. The molecule has 1 aromatic heterocycles. The minimum absolute atomic E-state index is 0.0728. The molecule has 1 atom stereocenters. The third-order valence-corrected chi connectivity index (χ3v) is 7.40. The smallest absolute Gasteiger partial charge is 0.206 e. The number of nitrogen functional groups attached to an aromatic ring is 1. The number of ketones is 1. The lowest BCUT2D eigenvalue weighted by atomic mass is 10.0. The third-order valence-electron chi connectivity index (χ3n) is 6.42. The molecule has 172 valence electrons. The molecule has 1 saturated heterocycles. The highest BCUT2D eigenvalue weighted by atomic mass is 32.1. The van der Waals surface area contributed by atoms with Gasteiger partial charge in [-0.3, -0.25) is 9.69 Å². The highest BCUT2D eigenvalue weighted by Crippen LogP contribution is 2.40. The third kappa shape index (κ3) is 5.20. The van der Waals surface area contributed by atoms with E-state index in [1.807, 2.05) is 42.5 Å². The van der Waals surface area contributed by atoms with Gasteiger partial charge in [0.05, 0.1) is 0 Å². The Kier molecular flexibility index (Phi) is 6.33. The normalized spacial score (nSPS) is 17.1. The minimum atomic E-state index is -0.0728. The van der Waals surface area contributed by atoms with Crippen LogP contribution in [-0.2, 0) is 0 Å². The van der Waals surface area contributed by atoms with E-state index < -0.39 is 0 Å².